The van der Waals surface area contributed by atoms with Gasteiger partial charge in [0, 0.05) is 13.1 Å². The van der Waals surface area contributed by atoms with E-state index < -0.39 is 0 Å². The number of carbonyl (C=O) groups is 1. The number of hydrogen-bond acceptors (Lipinski definition) is 3. The molecule has 0 saturated carbocycles. The molecule has 0 radical (unpaired) electrons. The predicted molar refractivity (Wildman–Crippen MR) is 90.3 cm³/mol. The molecule has 2 atom stereocenters. The molecule has 0 spiro atoms. The van der Waals surface area contributed by atoms with Crippen LogP contribution < -0.4 is 5.56 Å². The Morgan fingerprint density at radius 1 is 1.22 bits per heavy atom. The molecule has 23 heavy (non-hydrogen) atoms. The van der Waals surface area contributed by atoms with Crippen LogP contribution >= 0.6 is 0 Å². The average Bonchev–Trinajstić information content (AvgIpc) is 2.50. The number of para-hydroxylation sites is 1. The fourth-order valence-electron chi connectivity index (χ4n) is 3.57. The van der Waals surface area contributed by atoms with Crippen molar-refractivity contribution in [2.24, 2.45) is 11.8 Å². The van der Waals surface area contributed by atoms with Crippen molar-refractivity contribution >= 4 is 16.8 Å². The maximum atomic E-state index is 12.6. The number of aromatic nitrogens is 2. The molecule has 1 aliphatic heterocycles. The lowest BCUT2D eigenvalue weighted by Crippen LogP contribution is -2.45. The minimum absolute atomic E-state index is 0.00526. The van der Waals surface area contributed by atoms with E-state index in [0.29, 0.717) is 28.6 Å². The van der Waals surface area contributed by atoms with Gasteiger partial charge < -0.3 is 4.90 Å². The van der Waals surface area contributed by atoms with Crippen molar-refractivity contribution in [1.82, 2.24) is 14.5 Å². The van der Waals surface area contributed by atoms with Gasteiger partial charge in [0.05, 0.1) is 10.9 Å². The van der Waals surface area contributed by atoms with Gasteiger partial charge in [-0.2, -0.15) is 0 Å². The fourth-order valence-corrected chi connectivity index (χ4v) is 3.57. The largest absolute Gasteiger partial charge is 0.341 e. The number of nitrogens with zero attached hydrogens (tertiary/aromatic N) is 3. The number of benzene rings is 1. The van der Waals surface area contributed by atoms with E-state index in [9.17, 15) is 9.59 Å². The van der Waals surface area contributed by atoms with Gasteiger partial charge in [0.15, 0.2) is 0 Å². The number of rotatable bonds is 2. The van der Waals surface area contributed by atoms with Crippen molar-refractivity contribution in [2.45, 2.75) is 33.7 Å². The third-order valence-corrected chi connectivity index (χ3v) is 4.57. The van der Waals surface area contributed by atoms with Gasteiger partial charge in [-0.25, -0.2) is 4.98 Å². The first kappa shape index (κ1) is 15.7. The van der Waals surface area contributed by atoms with E-state index in [1.807, 2.05) is 23.1 Å². The van der Waals surface area contributed by atoms with Crippen LogP contribution in [0.4, 0.5) is 0 Å². The van der Waals surface area contributed by atoms with Crippen LogP contribution in [0.2, 0.25) is 0 Å². The van der Waals surface area contributed by atoms with Gasteiger partial charge in [-0.05, 0) is 37.3 Å². The Morgan fingerprint density at radius 2 is 1.87 bits per heavy atom. The Labute approximate surface area is 135 Å². The second-order valence-corrected chi connectivity index (χ2v) is 6.81. The van der Waals surface area contributed by atoms with Gasteiger partial charge in [-0.1, -0.05) is 26.0 Å². The monoisotopic (exact) mass is 313 g/mol. The van der Waals surface area contributed by atoms with Crippen LogP contribution in [0.3, 0.4) is 0 Å². The molecule has 2 heterocycles. The molecule has 1 saturated heterocycles. The third-order valence-electron chi connectivity index (χ3n) is 4.57. The van der Waals surface area contributed by atoms with Crippen LogP contribution in [-0.2, 0) is 11.3 Å². The zero-order valence-corrected chi connectivity index (χ0v) is 14.0. The number of carbonyl (C=O) groups excluding carboxylic acids is 1. The van der Waals surface area contributed by atoms with E-state index in [2.05, 4.69) is 18.8 Å². The highest BCUT2D eigenvalue weighted by Crippen LogP contribution is 2.21. The number of piperidine rings is 1. The summed E-state index contributed by atoms with van der Waals surface area (Å²) >= 11 is 0. The number of likely N-dealkylation sites (tertiary alicyclic amines) is 1. The van der Waals surface area contributed by atoms with Crippen molar-refractivity contribution in [1.29, 1.82) is 0 Å². The standard InChI is InChI=1S/C18H23N3O2/c1-12-8-13(2)10-20(9-12)17(22)11-21-14(3)19-16-7-5-4-6-15(16)18(21)23/h4-7,12-13H,8-11H2,1-3H3/t12-,13-/m1/s1. The Hall–Kier alpha value is -2.17. The minimum Gasteiger partial charge on any atom is -0.341 e. The van der Waals surface area contributed by atoms with Crippen LogP contribution in [0.5, 0.6) is 0 Å². The summed E-state index contributed by atoms with van der Waals surface area (Å²) in [5.41, 5.74) is 0.540. The Balaban J connectivity index is 1.89. The normalized spacial score (nSPS) is 21.6. The molecule has 0 unspecified atom stereocenters. The second kappa shape index (κ2) is 6.14. The number of fused-ring (bicyclic) bond motifs is 1. The lowest BCUT2D eigenvalue weighted by Gasteiger charge is -2.35. The SMILES string of the molecule is Cc1nc2ccccc2c(=O)n1CC(=O)N1C[C@H](C)C[C@@H](C)C1. The quantitative estimate of drug-likeness (QED) is 0.854. The first-order valence-corrected chi connectivity index (χ1v) is 8.19. The Morgan fingerprint density at radius 3 is 2.57 bits per heavy atom. The number of amides is 1. The molecule has 1 aromatic carbocycles. The average molecular weight is 313 g/mol. The minimum atomic E-state index is -0.139. The molecule has 1 aliphatic rings. The van der Waals surface area contributed by atoms with Crippen LogP contribution in [0.1, 0.15) is 26.1 Å². The highest BCUT2D eigenvalue weighted by atomic mass is 16.2. The first-order chi connectivity index (χ1) is 11.0. The van der Waals surface area contributed by atoms with Gasteiger partial charge in [-0.3, -0.25) is 14.2 Å². The summed E-state index contributed by atoms with van der Waals surface area (Å²) in [6.45, 7) is 7.75. The summed E-state index contributed by atoms with van der Waals surface area (Å²) in [5.74, 6) is 1.61. The van der Waals surface area contributed by atoms with Crippen molar-refractivity contribution in [2.75, 3.05) is 13.1 Å². The lowest BCUT2D eigenvalue weighted by molar-refractivity contribution is -0.134. The maximum Gasteiger partial charge on any atom is 0.261 e. The summed E-state index contributed by atoms with van der Waals surface area (Å²) in [4.78, 5) is 31.6. The first-order valence-electron chi connectivity index (χ1n) is 8.19. The van der Waals surface area contributed by atoms with E-state index in [1.165, 1.54) is 4.57 Å². The molecule has 5 nitrogen and oxygen atoms in total. The van der Waals surface area contributed by atoms with Crippen molar-refractivity contribution < 1.29 is 4.79 Å². The number of aryl methyl sites for hydroxylation is 1. The summed E-state index contributed by atoms with van der Waals surface area (Å²) in [6, 6.07) is 7.27. The molecular formula is C18H23N3O2. The molecule has 0 bridgehead atoms. The van der Waals surface area contributed by atoms with Gasteiger partial charge >= 0.3 is 0 Å². The zero-order chi connectivity index (χ0) is 16.6. The van der Waals surface area contributed by atoms with E-state index in [0.717, 1.165) is 19.5 Å². The van der Waals surface area contributed by atoms with E-state index >= 15 is 0 Å². The maximum absolute atomic E-state index is 12.6. The molecule has 0 N–H and O–H groups in total. The molecule has 3 rings (SSSR count). The van der Waals surface area contributed by atoms with Crippen LogP contribution in [0.15, 0.2) is 29.1 Å². The Bertz CT molecular complexity index is 786. The van der Waals surface area contributed by atoms with Crippen molar-refractivity contribution in [3.05, 3.63) is 40.4 Å². The predicted octanol–water partition coefficient (Wildman–Crippen LogP) is 2.21. The third kappa shape index (κ3) is 3.14. The van der Waals surface area contributed by atoms with E-state index in [-0.39, 0.29) is 18.0 Å². The van der Waals surface area contributed by atoms with E-state index in [4.69, 9.17) is 0 Å². The molecule has 1 amide bonds. The number of hydrogen-bond donors (Lipinski definition) is 0. The Kier molecular flexibility index (Phi) is 4.20. The van der Waals surface area contributed by atoms with Crippen LogP contribution in [0, 0.1) is 18.8 Å². The smallest absolute Gasteiger partial charge is 0.261 e. The lowest BCUT2D eigenvalue weighted by atomic mass is 9.92. The van der Waals surface area contributed by atoms with Crippen LogP contribution in [0.25, 0.3) is 10.9 Å². The van der Waals surface area contributed by atoms with Gasteiger partial charge in [-0.15, -0.1) is 0 Å². The highest BCUT2D eigenvalue weighted by molar-refractivity contribution is 5.79. The highest BCUT2D eigenvalue weighted by Gasteiger charge is 2.26. The van der Waals surface area contributed by atoms with Gasteiger partial charge in [0.2, 0.25) is 5.91 Å². The zero-order valence-electron chi connectivity index (χ0n) is 14.0. The molecule has 1 aromatic heterocycles. The molecule has 1 fully saturated rings. The van der Waals surface area contributed by atoms with Gasteiger partial charge in [0.25, 0.3) is 5.56 Å². The molecule has 122 valence electrons. The van der Waals surface area contributed by atoms with Crippen molar-refractivity contribution in [3.8, 4) is 0 Å². The molecule has 0 aliphatic carbocycles. The molecule has 2 aromatic rings. The van der Waals surface area contributed by atoms with Gasteiger partial charge in [0.1, 0.15) is 12.4 Å². The van der Waals surface area contributed by atoms with Crippen LogP contribution in [-0.4, -0.2) is 33.4 Å². The molecule has 5 heteroatoms. The van der Waals surface area contributed by atoms with Crippen molar-refractivity contribution in [3.63, 3.8) is 0 Å². The molecular weight excluding hydrogens is 290 g/mol. The fraction of sp³-hybridized carbons (Fsp3) is 0.500. The summed E-state index contributed by atoms with van der Waals surface area (Å²) in [5, 5.41) is 0.561. The van der Waals surface area contributed by atoms with E-state index in [1.54, 1.807) is 13.0 Å². The topological polar surface area (TPSA) is 55.2 Å². The summed E-state index contributed by atoms with van der Waals surface area (Å²) in [7, 11) is 0. The summed E-state index contributed by atoms with van der Waals surface area (Å²) in [6.07, 6.45) is 1.15. The summed E-state index contributed by atoms with van der Waals surface area (Å²) < 4.78 is 1.49. The second-order valence-electron chi connectivity index (χ2n) is 6.81.